The maximum atomic E-state index is 12.0. The summed E-state index contributed by atoms with van der Waals surface area (Å²) in [5.41, 5.74) is 6.57. The van der Waals surface area contributed by atoms with Gasteiger partial charge in [-0.1, -0.05) is 13.8 Å². The lowest BCUT2D eigenvalue weighted by molar-refractivity contribution is 0.267. The molecule has 20 heavy (non-hydrogen) atoms. The number of nitrogen functional groups attached to an aromatic ring is 1. The monoisotopic (exact) mass is 276 g/mol. The number of aliphatic hydroxyl groups excluding tert-OH is 1. The van der Waals surface area contributed by atoms with Crippen LogP contribution in [0.2, 0.25) is 0 Å². The van der Waals surface area contributed by atoms with E-state index in [1.54, 1.807) is 18.2 Å². The number of hydrogen-bond acceptors (Lipinski definition) is 5. The summed E-state index contributed by atoms with van der Waals surface area (Å²) in [6.45, 7) is 4.19. The Labute approximate surface area is 117 Å². The lowest BCUT2D eigenvalue weighted by Gasteiger charge is -2.21. The van der Waals surface area contributed by atoms with Crippen LogP contribution in [-0.2, 0) is 0 Å². The highest BCUT2D eigenvalue weighted by Crippen LogP contribution is 2.15. The number of aliphatic hydroxyl groups is 1. The van der Waals surface area contributed by atoms with Gasteiger partial charge < -0.3 is 16.2 Å². The highest BCUT2D eigenvalue weighted by molar-refractivity contribution is 5.81. The number of aromatic nitrogens is 2. The van der Waals surface area contributed by atoms with Gasteiger partial charge in [0.1, 0.15) is 0 Å². The third-order valence-corrected chi connectivity index (χ3v) is 3.30. The first-order valence-corrected chi connectivity index (χ1v) is 6.68. The van der Waals surface area contributed by atoms with Crippen molar-refractivity contribution in [3.05, 3.63) is 28.6 Å². The van der Waals surface area contributed by atoms with Gasteiger partial charge >= 0.3 is 0 Å². The number of H-pyrrole nitrogens is 1. The van der Waals surface area contributed by atoms with Crippen molar-refractivity contribution in [1.29, 1.82) is 0 Å². The molecule has 0 aliphatic heterocycles. The molecule has 0 saturated heterocycles. The molecule has 0 aliphatic rings. The molecule has 2 aromatic rings. The van der Waals surface area contributed by atoms with Crippen LogP contribution in [0.25, 0.3) is 10.9 Å². The Morgan fingerprint density at radius 3 is 2.85 bits per heavy atom. The molecule has 0 aliphatic carbocycles. The smallest absolute Gasteiger partial charge is 0.260 e. The Hall–Kier alpha value is -2.08. The second-order valence-corrected chi connectivity index (χ2v) is 5.20. The van der Waals surface area contributed by atoms with Gasteiger partial charge in [-0.05, 0) is 30.5 Å². The standard InChI is InChI=1S/C14H20N4O2/c1-8(2)11(5-6-19)16-14-17-12-4-3-9(15)7-10(12)13(20)18-14/h3-4,7-8,11,19H,5-6,15H2,1-2H3,(H2,16,17,18,20). The van der Waals surface area contributed by atoms with Gasteiger partial charge in [0.15, 0.2) is 0 Å². The van der Waals surface area contributed by atoms with E-state index >= 15 is 0 Å². The van der Waals surface area contributed by atoms with Crippen LogP contribution in [0.1, 0.15) is 20.3 Å². The minimum atomic E-state index is -0.226. The van der Waals surface area contributed by atoms with Crippen LogP contribution in [0, 0.1) is 5.92 Å². The third kappa shape index (κ3) is 3.08. The molecule has 1 heterocycles. The molecule has 2 rings (SSSR count). The predicted octanol–water partition coefficient (Wildman–Crippen LogP) is 1.32. The maximum Gasteiger partial charge on any atom is 0.260 e. The van der Waals surface area contributed by atoms with Crippen molar-refractivity contribution >= 4 is 22.5 Å². The molecule has 1 unspecified atom stereocenters. The molecule has 0 saturated carbocycles. The molecule has 0 amide bonds. The van der Waals surface area contributed by atoms with Gasteiger partial charge in [0.2, 0.25) is 5.95 Å². The number of nitrogens with two attached hydrogens (primary N) is 1. The van der Waals surface area contributed by atoms with Crippen molar-refractivity contribution in [2.75, 3.05) is 17.7 Å². The van der Waals surface area contributed by atoms with E-state index in [4.69, 9.17) is 10.8 Å². The van der Waals surface area contributed by atoms with E-state index in [0.717, 1.165) is 0 Å². The van der Waals surface area contributed by atoms with Crippen LogP contribution >= 0.6 is 0 Å². The second kappa shape index (κ2) is 5.92. The Morgan fingerprint density at radius 2 is 2.20 bits per heavy atom. The van der Waals surface area contributed by atoms with E-state index in [2.05, 4.69) is 15.3 Å². The van der Waals surface area contributed by atoms with Gasteiger partial charge in [-0.2, -0.15) is 0 Å². The van der Waals surface area contributed by atoms with Gasteiger partial charge in [-0.3, -0.25) is 9.78 Å². The largest absolute Gasteiger partial charge is 0.399 e. The van der Waals surface area contributed by atoms with Crippen LogP contribution in [0.4, 0.5) is 11.6 Å². The van der Waals surface area contributed by atoms with E-state index in [1.807, 2.05) is 13.8 Å². The number of hydrogen-bond donors (Lipinski definition) is 4. The zero-order valence-electron chi connectivity index (χ0n) is 11.7. The topological polar surface area (TPSA) is 104 Å². The third-order valence-electron chi connectivity index (χ3n) is 3.30. The van der Waals surface area contributed by atoms with Crippen LogP contribution in [0.5, 0.6) is 0 Å². The SMILES string of the molecule is CC(C)C(CCO)Nc1nc2ccc(N)cc2c(=O)[nH]1. The lowest BCUT2D eigenvalue weighted by Crippen LogP contribution is -2.29. The number of benzene rings is 1. The van der Waals surface area contributed by atoms with Crippen LogP contribution < -0.4 is 16.6 Å². The molecule has 5 N–H and O–H groups in total. The van der Waals surface area contributed by atoms with Gasteiger partial charge in [-0.25, -0.2) is 4.98 Å². The number of nitrogens with zero attached hydrogens (tertiary/aromatic N) is 1. The Morgan fingerprint density at radius 1 is 1.45 bits per heavy atom. The zero-order valence-corrected chi connectivity index (χ0v) is 11.7. The van der Waals surface area contributed by atoms with Gasteiger partial charge in [0, 0.05) is 18.3 Å². The molecule has 0 fully saturated rings. The fraction of sp³-hybridized carbons (Fsp3) is 0.429. The number of fused-ring (bicyclic) bond motifs is 1. The molecule has 6 nitrogen and oxygen atoms in total. The number of anilines is 2. The van der Waals surface area contributed by atoms with E-state index in [0.29, 0.717) is 34.9 Å². The zero-order chi connectivity index (χ0) is 14.7. The molecule has 0 bridgehead atoms. The highest BCUT2D eigenvalue weighted by Gasteiger charge is 2.14. The summed E-state index contributed by atoms with van der Waals surface area (Å²) >= 11 is 0. The van der Waals surface area contributed by atoms with Gasteiger partial charge in [0.05, 0.1) is 10.9 Å². The molecular weight excluding hydrogens is 256 g/mol. The maximum absolute atomic E-state index is 12.0. The molecular formula is C14H20N4O2. The average Bonchev–Trinajstić information content (AvgIpc) is 2.39. The van der Waals surface area contributed by atoms with Crippen molar-refractivity contribution in [3.63, 3.8) is 0 Å². The summed E-state index contributed by atoms with van der Waals surface area (Å²) in [5.74, 6) is 0.731. The lowest BCUT2D eigenvalue weighted by atomic mass is 10.0. The molecule has 6 heteroatoms. The Bertz CT molecular complexity index is 651. The fourth-order valence-corrected chi connectivity index (χ4v) is 2.11. The minimum absolute atomic E-state index is 0.0504. The number of aromatic amines is 1. The van der Waals surface area contributed by atoms with Gasteiger partial charge in [-0.15, -0.1) is 0 Å². The summed E-state index contributed by atoms with van der Waals surface area (Å²) < 4.78 is 0. The van der Waals surface area contributed by atoms with Crippen molar-refractivity contribution < 1.29 is 5.11 Å². The number of rotatable bonds is 5. The minimum Gasteiger partial charge on any atom is -0.399 e. The fourth-order valence-electron chi connectivity index (χ4n) is 2.11. The number of nitrogens with one attached hydrogen (secondary N) is 2. The first-order chi connectivity index (χ1) is 9.51. The molecule has 0 spiro atoms. The summed E-state index contributed by atoms with van der Waals surface area (Å²) in [6.07, 6.45) is 0.598. The van der Waals surface area contributed by atoms with E-state index in [1.165, 1.54) is 0 Å². The molecule has 0 radical (unpaired) electrons. The van der Waals surface area contributed by atoms with Crippen molar-refractivity contribution in [2.45, 2.75) is 26.3 Å². The Balaban J connectivity index is 2.36. The highest BCUT2D eigenvalue weighted by atomic mass is 16.3. The Kier molecular flexibility index (Phi) is 4.24. The first kappa shape index (κ1) is 14.3. The molecule has 1 aromatic carbocycles. The van der Waals surface area contributed by atoms with Crippen molar-refractivity contribution in [3.8, 4) is 0 Å². The average molecular weight is 276 g/mol. The van der Waals surface area contributed by atoms with Crippen LogP contribution in [0.3, 0.4) is 0 Å². The van der Waals surface area contributed by atoms with E-state index < -0.39 is 0 Å². The summed E-state index contributed by atoms with van der Waals surface area (Å²) in [4.78, 5) is 19.1. The van der Waals surface area contributed by atoms with Crippen molar-refractivity contribution in [2.24, 2.45) is 5.92 Å². The van der Waals surface area contributed by atoms with Gasteiger partial charge in [0.25, 0.3) is 5.56 Å². The van der Waals surface area contributed by atoms with Crippen molar-refractivity contribution in [1.82, 2.24) is 9.97 Å². The molecule has 1 atom stereocenters. The van der Waals surface area contributed by atoms with E-state index in [9.17, 15) is 4.79 Å². The first-order valence-electron chi connectivity index (χ1n) is 6.68. The predicted molar refractivity (Wildman–Crippen MR) is 80.7 cm³/mol. The second-order valence-electron chi connectivity index (χ2n) is 5.20. The summed E-state index contributed by atoms with van der Waals surface area (Å²) in [6, 6.07) is 5.10. The quantitative estimate of drug-likeness (QED) is 0.617. The summed E-state index contributed by atoms with van der Waals surface area (Å²) in [7, 11) is 0. The normalized spacial score (nSPS) is 12.8. The molecule has 108 valence electrons. The van der Waals surface area contributed by atoms with Crippen LogP contribution in [-0.4, -0.2) is 27.7 Å². The van der Waals surface area contributed by atoms with Crippen LogP contribution in [0.15, 0.2) is 23.0 Å². The molecule has 1 aromatic heterocycles. The summed E-state index contributed by atoms with van der Waals surface area (Å²) in [5, 5.41) is 12.7. The van der Waals surface area contributed by atoms with E-state index in [-0.39, 0.29) is 18.2 Å².